The predicted molar refractivity (Wildman–Crippen MR) is 107 cm³/mol. The maximum absolute atomic E-state index is 12.5. The summed E-state index contributed by atoms with van der Waals surface area (Å²) in [7, 11) is 4.01. The Hall–Kier alpha value is -2.86. The van der Waals surface area contributed by atoms with E-state index in [-0.39, 0.29) is 11.9 Å². The van der Waals surface area contributed by atoms with Crippen molar-refractivity contribution in [1.82, 2.24) is 15.5 Å². The Morgan fingerprint density at radius 3 is 2.07 bits per heavy atom. The summed E-state index contributed by atoms with van der Waals surface area (Å²) in [5, 5.41) is 5.53. The van der Waals surface area contributed by atoms with Crippen molar-refractivity contribution in [3.63, 3.8) is 0 Å². The lowest BCUT2D eigenvalue weighted by molar-refractivity contribution is 0.0942. The zero-order chi connectivity index (χ0) is 19.8. The molecule has 0 heterocycles. The van der Waals surface area contributed by atoms with Crippen molar-refractivity contribution >= 4 is 11.9 Å². The summed E-state index contributed by atoms with van der Waals surface area (Å²) in [5.41, 5.74) is 8.99. The van der Waals surface area contributed by atoms with Crippen molar-refractivity contribution < 1.29 is 9.59 Å². The molecule has 0 aromatic heterocycles. The van der Waals surface area contributed by atoms with Crippen LogP contribution in [-0.2, 0) is 13.0 Å². The fraction of sp³-hybridized carbons (Fsp3) is 0.333. The summed E-state index contributed by atoms with van der Waals surface area (Å²) in [6.45, 7) is 2.99. The minimum atomic E-state index is -0.571. The molecule has 2 aromatic carbocycles. The van der Waals surface area contributed by atoms with Gasteiger partial charge in [-0.15, -0.1) is 0 Å². The molecule has 0 radical (unpaired) electrons. The fourth-order valence-electron chi connectivity index (χ4n) is 2.83. The van der Waals surface area contributed by atoms with Gasteiger partial charge in [0.05, 0.1) is 6.04 Å². The van der Waals surface area contributed by atoms with E-state index < -0.39 is 6.03 Å². The van der Waals surface area contributed by atoms with Crippen LogP contribution in [0.15, 0.2) is 48.5 Å². The van der Waals surface area contributed by atoms with Gasteiger partial charge in [-0.1, -0.05) is 43.3 Å². The molecule has 4 N–H and O–H groups in total. The average Bonchev–Trinajstić information content (AvgIpc) is 2.67. The van der Waals surface area contributed by atoms with Gasteiger partial charge in [0.25, 0.3) is 5.91 Å². The van der Waals surface area contributed by atoms with Crippen molar-refractivity contribution in [3.05, 3.63) is 70.8 Å². The van der Waals surface area contributed by atoms with Gasteiger partial charge < -0.3 is 21.3 Å². The van der Waals surface area contributed by atoms with Crippen molar-refractivity contribution in [3.8, 4) is 0 Å². The maximum atomic E-state index is 12.5. The van der Waals surface area contributed by atoms with Crippen LogP contribution < -0.4 is 16.4 Å². The van der Waals surface area contributed by atoms with Gasteiger partial charge in [-0.25, -0.2) is 4.79 Å². The summed E-state index contributed by atoms with van der Waals surface area (Å²) in [4.78, 5) is 25.3. The van der Waals surface area contributed by atoms with E-state index in [1.165, 1.54) is 11.1 Å². The van der Waals surface area contributed by atoms with Gasteiger partial charge >= 0.3 is 6.03 Å². The number of urea groups is 1. The Bertz CT molecular complexity index is 755. The Kier molecular flexibility index (Phi) is 7.37. The van der Waals surface area contributed by atoms with Crippen LogP contribution in [0.25, 0.3) is 0 Å². The molecule has 0 saturated carbocycles. The molecule has 6 nitrogen and oxygen atoms in total. The van der Waals surface area contributed by atoms with Crippen LogP contribution in [0.5, 0.6) is 0 Å². The van der Waals surface area contributed by atoms with E-state index in [2.05, 4.69) is 46.7 Å². The van der Waals surface area contributed by atoms with Gasteiger partial charge in [-0.3, -0.25) is 4.79 Å². The molecule has 0 aliphatic carbocycles. The molecule has 0 aliphatic heterocycles. The molecule has 144 valence electrons. The van der Waals surface area contributed by atoms with Crippen molar-refractivity contribution in [1.29, 1.82) is 0 Å². The first-order valence-corrected chi connectivity index (χ1v) is 9.06. The van der Waals surface area contributed by atoms with Crippen LogP contribution in [0.4, 0.5) is 4.79 Å². The summed E-state index contributed by atoms with van der Waals surface area (Å²) in [6, 6.07) is 15.1. The smallest absolute Gasteiger partial charge is 0.312 e. The van der Waals surface area contributed by atoms with Crippen LogP contribution in [-0.4, -0.2) is 37.5 Å². The largest absolute Gasteiger partial charge is 0.352 e. The van der Waals surface area contributed by atoms with E-state index in [9.17, 15) is 9.59 Å². The number of amides is 3. The monoisotopic (exact) mass is 368 g/mol. The molecule has 6 heteroatoms. The fourth-order valence-corrected chi connectivity index (χ4v) is 2.83. The number of rotatable bonds is 8. The van der Waals surface area contributed by atoms with Crippen LogP contribution in [0.2, 0.25) is 0 Å². The number of carbonyl (C=O) groups is 2. The third kappa shape index (κ3) is 6.11. The van der Waals surface area contributed by atoms with Gasteiger partial charge in [0.15, 0.2) is 0 Å². The summed E-state index contributed by atoms with van der Waals surface area (Å²) in [6.07, 6.45) is 1.01. The first kappa shape index (κ1) is 20.5. The summed E-state index contributed by atoms with van der Waals surface area (Å²) >= 11 is 0. The third-order valence-corrected chi connectivity index (χ3v) is 4.53. The molecule has 2 aromatic rings. The number of likely N-dealkylation sites (N-methyl/N-ethyl adjacent to an activating group) is 1. The third-order valence-electron chi connectivity index (χ3n) is 4.53. The van der Waals surface area contributed by atoms with E-state index in [0.29, 0.717) is 18.7 Å². The highest BCUT2D eigenvalue weighted by atomic mass is 16.2. The van der Waals surface area contributed by atoms with E-state index in [1.54, 1.807) is 24.3 Å². The molecule has 0 spiro atoms. The van der Waals surface area contributed by atoms with E-state index in [4.69, 9.17) is 5.73 Å². The van der Waals surface area contributed by atoms with Gasteiger partial charge in [0.1, 0.15) is 0 Å². The average molecular weight is 368 g/mol. The molecular formula is C21H28N4O2. The Morgan fingerprint density at radius 2 is 1.56 bits per heavy atom. The highest BCUT2D eigenvalue weighted by Crippen LogP contribution is 2.18. The van der Waals surface area contributed by atoms with E-state index in [0.717, 1.165) is 12.0 Å². The van der Waals surface area contributed by atoms with Crippen LogP contribution in [0.3, 0.4) is 0 Å². The second kappa shape index (κ2) is 9.73. The van der Waals surface area contributed by atoms with E-state index in [1.807, 2.05) is 14.1 Å². The molecule has 0 saturated heterocycles. The Balaban J connectivity index is 1.97. The number of nitrogens with two attached hydrogens (primary N) is 1. The number of nitrogens with one attached hydrogen (secondary N) is 2. The van der Waals surface area contributed by atoms with Gasteiger partial charge in [-0.2, -0.15) is 0 Å². The number of primary amides is 1. The molecular weight excluding hydrogens is 340 g/mol. The predicted octanol–water partition coefficient (Wildman–Crippen LogP) is 2.45. The van der Waals surface area contributed by atoms with Gasteiger partial charge in [0, 0.05) is 18.7 Å². The Labute approximate surface area is 160 Å². The van der Waals surface area contributed by atoms with Crippen molar-refractivity contribution in [2.45, 2.75) is 25.9 Å². The quantitative estimate of drug-likeness (QED) is 0.669. The second-order valence-electron chi connectivity index (χ2n) is 6.70. The van der Waals surface area contributed by atoms with Crippen LogP contribution in [0, 0.1) is 0 Å². The van der Waals surface area contributed by atoms with Crippen molar-refractivity contribution in [2.75, 3.05) is 20.6 Å². The molecule has 27 heavy (non-hydrogen) atoms. The lowest BCUT2D eigenvalue weighted by Crippen LogP contribution is -2.34. The number of nitrogens with zero attached hydrogens (tertiary/aromatic N) is 1. The molecule has 0 aliphatic rings. The number of carbonyl (C=O) groups excluding carboxylic acids is 2. The molecule has 2 rings (SSSR count). The molecule has 1 unspecified atom stereocenters. The Morgan fingerprint density at radius 1 is 0.963 bits per heavy atom. The molecule has 0 bridgehead atoms. The lowest BCUT2D eigenvalue weighted by atomic mass is 10.0. The first-order valence-electron chi connectivity index (χ1n) is 9.06. The van der Waals surface area contributed by atoms with Gasteiger partial charge in [0.2, 0.25) is 0 Å². The van der Waals surface area contributed by atoms with Crippen LogP contribution >= 0.6 is 0 Å². The molecule has 1 atom stereocenters. The second-order valence-corrected chi connectivity index (χ2v) is 6.70. The first-order chi connectivity index (χ1) is 12.9. The highest BCUT2D eigenvalue weighted by molar-refractivity contribution is 5.94. The highest BCUT2D eigenvalue weighted by Gasteiger charge is 2.16. The maximum Gasteiger partial charge on any atom is 0.312 e. The topological polar surface area (TPSA) is 87.5 Å². The minimum Gasteiger partial charge on any atom is -0.352 e. The number of aryl methyl sites for hydroxylation is 1. The van der Waals surface area contributed by atoms with Crippen molar-refractivity contribution in [2.24, 2.45) is 5.73 Å². The normalized spacial score (nSPS) is 11.9. The van der Waals surface area contributed by atoms with Crippen LogP contribution in [0.1, 0.15) is 40.0 Å². The zero-order valence-electron chi connectivity index (χ0n) is 16.2. The molecule has 3 amide bonds. The number of benzene rings is 2. The zero-order valence-corrected chi connectivity index (χ0v) is 16.2. The van der Waals surface area contributed by atoms with Gasteiger partial charge in [-0.05, 0) is 49.3 Å². The minimum absolute atomic E-state index is 0.0962. The number of hydrogen-bond acceptors (Lipinski definition) is 3. The van der Waals surface area contributed by atoms with E-state index >= 15 is 0 Å². The lowest BCUT2D eigenvalue weighted by Gasteiger charge is -2.25. The summed E-state index contributed by atoms with van der Waals surface area (Å²) in [5.74, 6) is -0.124. The molecule has 0 fully saturated rings. The number of hydrogen-bond donors (Lipinski definition) is 3. The SMILES string of the molecule is CCc1ccc(C(CNC(=O)c2ccc(CNC(N)=O)cc2)N(C)C)cc1. The summed E-state index contributed by atoms with van der Waals surface area (Å²) < 4.78 is 0. The standard InChI is InChI=1S/C21H28N4O2/c1-4-15-5-9-17(10-6-15)19(25(2)3)14-23-20(26)18-11-7-16(8-12-18)13-24-21(22)27/h5-12,19H,4,13-14H2,1-3H3,(H,23,26)(H3,22,24,27).